The third-order valence-electron chi connectivity index (χ3n) is 6.32. The highest BCUT2D eigenvalue weighted by Gasteiger charge is 2.20. The molecule has 0 amide bonds. The van der Waals surface area contributed by atoms with Crippen molar-refractivity contribution in [2.75, 3.05) is 64.3 Å². The van der Waals surface area contributed by atoms with Crippen molar-refractivity contribution in [1.82, 2.24) is 20.4 Å². The summed E-state index contributed by atoms with van der Waals surface area (Å²) in [5, 5.41) is 6.88. The molecular weight excluding hydrogens is 506 g/mol. The molecule has 6 nitrogen and oxygen atoms in total. The smallest absolute Gasteiger partial charge is 0.191 e. The number of nitrogens with one attached hydrogen (secondary N) is 2. The van der Waals surface area contributed by atoms with E-state index in [4.69, 9.17) is 0 Å². The predicted molar refractivity (Wildman–Crippen MR) is 139 cm³/mol. The van der Waals surface area contributed by atoms with Gasteiger partial charge in [-0.25, -0.2) is 4.39 Å². The fourth-order valence-electron chi connectivity index (χ4n) is 4.41. The van der Waals surface area contributed by atoms with E-state index in [-0.39, 0.29) is 29.8 Å². The second-order valence-corrected chi connectivity index (χ2v) is 8.39. The van der Waals surface area contributed by atoms with Crippen molar-refractivity contribution in [3.8, 4) is 0 Å². The van der Waals surface area contributed by atoms with Crippen LogP contribution in [0.4, 0.5) is 10.1 Å². The van der Waals surface area contributed by atoms with E-state index in [9.17, 15) is 4.39 Å². The van der Waals surface area contributed by atoms with Crippen molar-refractivity contribution in [1.29, 1.82) is 0 Å². The molecule has 0 unspecified atom stereocenters. The van der Waals surface area contributed by atoms with Gasteiger partial charge in [-0.05, 0) is 50.0 Å². The van der Waals surface area contributed by atoms with E-state index < -0.39 is 0 Å². The Hall–Kier alpha value is -1.13. The molecule has 2 heterocycles. The van der Waals surface area contributed by atoms with E-state index >= 15 is 0 Å². The van der Waals surface area contributed by atoms with Gasteiger partial charge in [-0.1, -0.05) is 19.9 Å². The summed E-state index contributed by atoms with van der Waals surface area (Å²) in [6, 6.07) is 6.05. The largest absolute Gasteiger partial charge is 0.367 e. The number of hydrogen-bond acceptors (Lipinski definition) is 4. The van der Waals surface area contributed by atoms with Crippen molar-refractivity contribution in [2.45, 2.75) is 45.7 Å². The molecule has 0 saturated carbocycles. The number of piperidine rings is 1. The Morgan fingerprint density at radius 2 is 1.77 bits per heavy atom. The van der Waals surface area contributed by atoms with Crippen LogP contribution in [0.1, 0.15) is 38.7 Å². The summed E-state index contributed by atoms with van der Waals surface area (Å²) in [5.74, 6) is 0.662. The fourth-order valence-corrected chi connectivity index (χ4v) is 4.41. The SMILES string of the molecule is CCCN1CCC(NC(=NC)NCc2ccc(N3CCN(CC)CC3)c(F)c2)CC1.I. The molecule has 1 aromatic carbocycles. The number of likely N-dealkylation sites (tertiary alicyclic amines) is 1. The second kappa shape index (κ2) is 13.4. The van der Waals surface area contributed by atoms with Gasteiger partial charge in [-0.2, -0.15) is 0 Å². The molecule has 8 heteroatoms. The highest BCUT2D eigenvalue weighted by Crippen LogP contribution is 2.22. The number of hydrogen-bond donors (Lipinski definition) is 2. The van der Waals surface area contributed by atoms with Crippen molar-refractivity contribution >= 4 is 35.6 Å². The molecule has 1 aromatic rings. The topological polar surface area (TPSA) is 46.1 Å². The molecule has 0 radical (unpaired) electrons. The summed E-state index contributed by atoms with van der Waals surface area (Å²) in [7, 11) is 1.79. The van der Waals surface area contributed by atoms with Gasteiger partial charge in [0.1, 0.15) is 5.82 Å². The lowest BCUT2D eigenvalue weighted by Crippen LogP contribution is -2.48. The van der Waals surface area contributed by atoms with E-state index in [0.29, 0.717) is 12.6 Å². The Labute approximate surface area is 204 Å². The van der Waals surface area contributed by atoms with E-state index in [2.05, 4.69) is 44.2 Å². The third-order valence-corrected chi connectivity index (χ3v) is 6.32. The number of nitrogens with zero attached hydrogens (tertiary/aromatic N) is 4. The molecule has 0 aliphatic carbocycles. The quantitative estimate of drug-likeness (QED) is 0.313. The first-order chi connectivity index (χ1) is 14.6. The maximum absolute atomic E-state index is 14.8. The number of piperazine rings is 1. The minimum Gasteiger partial charge on any atom is -0.367 e. The first-order valence-corrected chi connectivity index (χ1v) is 11.6. The van der Waals surface area contributed by atoms with Gasteiger partial charge in [-0.15, -0.1) is 24.0 Å². The van der Waals surface area contributed by atoms with E-state index in [1.54, 1.807) is 13.1 Å². The fraction of sp³-hybridized carbons (Fsp3) is 0.696. The molecule has 2 aliphatic heterocycles. The Kier molecular flexibility index (Phi) is 11.3. The van der Waals surface area contributed by atoms with Crippen LogP contribution in [-0.2, 0) is 6.54 Å². The van der Waals surface area contributed by atoms with Crippen LogP contribution in [0.5, 0.6) is 0 Å². The highest BCUT2D eigenvalue weighted by atomic mass is 127. The average molecular weight is 547 g/mol. The lowest BCUT2D eigenvalue weighted by atomic mass is 10.1. The van der Waals surface area contributed by atoms with Crippen LogP contribution >= 0.6 is 24.0 Å². The zero-order valence-corrected chi connectivity index (χ0v) is 21.7. The molecular formula is C23H40FIN6. The molecule has 3 rings (SSSR count). The minimum atomic E-state index is -0.134. The average Bonchev–Trinajstić information content (AvgIpc) is 2.78. The van der Waals surface area contributed by atoms with Crippen LogP contribution in [0.3, 0.4) is 0 Å². The Bertz CT molecular complexity index is 685. The Morgan fingerprint density at radius 1 is 1.06 bits per heavy atom. The maximum Gasteiger partial charge on any atom is 0.191 e. The van der Waals surface area contributed by atoms with Gasteiger partial charge in [0, 0.05) is 58.9 Å². The van der Waals surface area contributed by atoms with Crippen LogP contribution in [0.15, 0.2) is 23.2 Å². The third kappa shape index (κ3) is 7.75. The number of rotatable bonds is 7. The zero-order chi connectivity index (χ0) is 21.3. The number of benzene rings is 1. The molecule has 0 atom stereocenters. The molecule has 31 heavy (non-hydrogen) atoms. The van der Waals surface area contributed by atoms with Crippen LogP contribution in [0.25, 0.3) is 0 Å². The van der Waals surface area contributed by atoms with Crippen molar-refractivity contribution in [2.24, 2.45) is 4.99 Å². The van der Waals surface area contributed by atoms with E-state index in [1.807, 2.05) is 12.1 Å². The van der Waals surface area contributed by atoms with Gasteiger partial charge in [0.15, 0.2) is 5.96 Å². The van der Waals surface area contributed by atoms with Crippen LogP contribution in [0, 0.1) is 5.82 Å². The molecule has 0 bridgehead atoms. The number of anilines is 1. The number of halogens is 2. The molecule has 2 fully saturated rings. The summed E-state index contributed by atoms with van der Waals surface area (Å²) < 4.78 is 14.8. The highest BCUT2D eigenvalue weighted by molar-refractivity contribution is 14.0. The molecule has 0 aromatic heterocycles. The van der Waals surface area contributed by atoms with Gasteiger partial charge in [0.2, 0.25) is 0 Å². The lowest BCUT2D eigenvalue weighted by Gasteiger charge is -2.35. The number of likely N-dealkylation sites (N-methyl/N-ethyl adjacent to an activating group) is 1. The van der Waals surface area contributed by atoms with Gasteiger partial charge < -0.3 is 25.3 Å². The minimum absolute atomic E-state index is 0. The molecule has 176 valence electrons. The summed E-state index contributed by atoms with van der Waals surface area (Å²) in [4.78, 5) is 11.4. The number of aliphatic imine (C=N–C) groups is 1. The van der Waals surface area contributed by atoms with E-state index in [0.717, 1.165) is 75.9 Å². The lowest BCUT2D eigenvalue weighted by molar-refractivity contribution is 0.206. The summed E-state index contributed by atoms with van der Waals surface area (Å²) in [6.07, 6.45) is 3.48. The number of guanidine groups is 1. The van der Waals surface area contributed by atoms with Gasteiger partial charge in [0.05, 0.1) is 5.69 Å². The zero-order valence-electron chi connectivity index (χ0n) is 19.4. The first kappa shape index (κ1) is 26.1. The van der Waals surface area contributed by atoms with Crippen LogP contribution in [0.2, 0.25) is 0 Å². The second-order valence-electron chi connectivity index (χ2n) is 8.39. The van der Waals surface area contributed by atoms with Crippen molar-refractivity contribution in [3.63, 3.8) is 0 Å². The molecule has 2 N–H and O–H groups in total. The Morgan fingerprint density at radius 3 is 2.35 bits per heavy atom. The van der Waals surface area contributed by atoms with Gasteiger partial charge >= 0.3 is 0 Å². The molecule has 0 spiro atoms. The van der Waals surface area contributed by atoms with Gasteiger partial charge in [0.25, 0.3) is 0 Å². The van der Waals surface area contributed by atoms with Crippen LogP contribution < -0.4 is 15.5 Å². The van der Waals surface area contributed by atoms with Crippen molar-refractivity contribution in [3.05, 3.63) is 29.6 Å². The maximum atomic E-state index is 14.8. The summed E-state index contributed by atoms with van der Waals surface area (Å²) in [6.45, 7) is 13.3. The van der Waals surface area contributed by atoms with Crippen molar-refractivity contribution < 1.29 is 4.39 Å². The summed E-state index contributed by atoms with van der Waals surface area (Å²) >= 11 is 0. The molecule has 2 aliphatic rings. The Balaban J connectivity index is 0.00000341. The predicted octanol–water partition coefficient (Wildman–Crippen LogP) is 3.13. The van der Waals surface area contributed by atoms with E-state index in [1.165, 1.54) is 13.0 Å². The molecule has 2 saturated heterocycles. The van der Waals surface area contributed by atoms with Crippen LogP contribution in [-0.4, -0.2) is 81.2 Å². The first-order valence-electron chi connectivity index (χ1n) is 11.6. The standard InChI is InChI=1S/C23H39FN6.HI/c1-4-10-29-11-8-20(9-12-29)27-23(25-3)26-18-19-6-7-22(21(24)17-19)30-15-13-28(5-2)14-16-30;/h6-7,17,20H,4-5,8-16,18H2,1-3H3,(H2,25,26,27);1H. The van der Waals surface area contributed by atoms with Gasteiger partial charge in [-0.3, -0.25) is 4.99 Å². The summed E-state index contributed by atoms with van der Waals surface area (Å²) in [5.41, 5.74) is 1.65. The monoisotopic (exact) mass is 546 g/mol. The normalized spacial score (nSPS) is 19.2.